The van der Waals surface area contributed by atoms with Crippen LogP contribution in [0.1, 0.15) is 0 Å². The molecular weight excluding hydrogens is 356 g/mol. The molecule has 0 aliphatic carbocycles. The summed E-state index contributed by atoms with van der Waals surface area (Å²) >= 11 is 2.79. The Kier molecular flexibility index (Phi) is 4.29. The van der Waals surface area contributed by atoms with Crippen LogP contribution in [0.15, 0.2) is 47.6 Å². The van der Waals surface area contributed by atoms with Gasteiger partial charge in [0.15, 0.2) is 10.3 Å². The maximum atomic E-state index is 12.2. The highest BCUT2D eigenvalue weighted by atomic mass is 32.2. The van der Waals surface area contributed by atoms with E-state index in [1.807, 2.05) is 42.5 Å². The fourth-order valence-corrected chi connectivity index (χ4v) is 3.97. The van der Waals surface area contributed by atoms with Crippen molar-refractivity contribution in [3.63, 3.8) is 0 Å². The number of para-hydroxylation sites is 2. The third-order valence-electron chi connectivity index (χ3n) is 3.55. The second-order valence-electron chi connectivity index (χ2n) is 5.25. The molecule has 8 heteroatoms. The molecule has 2 heterocycles. The van der Waals surface area contributed by atoms with Gasteiger partial charge in [0.1, 0.15) is 5.75 Å². The third-order valence-corrected chi connectivity index (χ3v) is 5.36. The SMILES string of the molecule is COc1ccc2nc(NC(=O)CSc3nc4ccccc4[nH]3)sc2c1. The zero-order valence-electron chi connectivity index (χ0n) is 13.3. The Hall–Kier alpha value is -2.58. The Bertz CT molecular complexity index is 1020. The molecule has 0 spiro atoms. The number of thioether (sulfide) groups is 1. The van der Waals surface area contributed by atoms with E-state index in [4.69, 9.17) is 4.74 Å². The number of carbonyl (C=O) groups is 1. The molecule has 0 atom stereocenters. The van der Waals surface area contributed by atoms with Gasteiger partial charge in [-0.1, -0.05) is 35.2 Å². The smallest absolute Gasteiger partial charge is 0.236 e. The van der Waals surface area contributed by atoms with Crippen LogP contribution in [0.3, 0.4) is 0 Å². The van der Waals surface area contributed by atoms with E-state index in [9.17, 15) is 4.79 Å². The Morgan fingerprint density at radius 1 is 1.24 bits per heavy atom. The van der Waals surface area contributed by atoms with Crippen molar-refractivity contribution in [2.75, 3.05) is 18.2 Å². The number of hydrogen-bond acceptors (Lipinski definition) is 6. The molecule has 0 aliphatic heterocycles. The van der Waals surface area contributed by atoms with E-state index < -0.39 is 0 Å². The zero-order valence-corrected chi connectivity index (χ0v) is 14.9. The molecule has 0 saturated heterocycles. The van der Waals surface area contributed by atoms with Crippen LogP contribution in [0.5, 0.6) is 5.75 Å². The zero-order chi connectivity index (χ0) is 17.2. The normalized spacial score (nSPS) is 11.1. The summed E-state index contributed by atoms with van der Waals surface area (Å²) in [6, 6.07) is 13.4. The summed E-state index contributed by atoms with van der Waals surface area (Å²) < 4.78 is 6.17. The number of hydrogen-bond donors (Lipinski definition) is 2. The van der Waals surface area contributed by atoms with Crippen molar-refractivity contribution in [3.8, 4) is 5.75 Å². The minimum atomic E-state index is -0.114. The van der Waals surface area contributed by atoms with E-state index in [-0.39, 0.29) is 11.7 Å². The van der Waals surface area contributed by atoms with Crippen LogP contribution in [-0.2, 0) is 4.79 Å². The molecule has 0 radical (unpaired) electrons. The maximum Gasteiger partial charge on any atom is 0.236 e. The lowest BCUT2D eigenvalue weighted by atomic mass is 10.3. The first-order valence-corrected chi connectivity index (χ1v) is 9.33. The fraction of sp³-hybridized carbons (Fsp3) is 0.118. The molecule has 25 heavy (non-hydrogen) atoms. The number of methoxy groups -OCH3 is 1. The molecule has 0 saturated carbocycles. The summed E-state index contributed by atoms with van der Waals surface area (Å²) in [5, 5.41) is 4.15. The van der Waals surface area contributed by atoms with Gasteiger partial charge in [0.2, 0.25) is 5.91 Å². The molecule has 2 aromatic carbocycles. The number of ether oxygens (including phenoxy) is 1. The number of fused-ring (bicyclic) bond motifs is 2. The molecular formula is C17H14N4O2S2. The molecule has 0 aliphatic rings. The van der Waals surface area contributed by atoms with Gasteiger partial charge in [0, 0.05) is 0 Å². The number of amides is 1. The van der Waals surface area contributed by atoms with Crippen LogP contribution in [0, 0.1) is 0 Å². The molecule has 0 fully saturated rings. The van der Waals surface area contributed by atoms with Crippen molar-refractivity contribution in [2.24, 2.45) is 0 Å². The Morgan fingerprint density at radius 3 is 2.96 bits per heavy atom. The van der Waals surface area contributed by atoms with E-state index in [2.05, 4.69) is 20.3 Å². The van der Waals surface area contributed by atoms with Crippen molar-refractivity contribution in [2.45, 2.75) is 5.16 Å². The molecule has 4 aromatic rings. The Morgan fingerprint density at radius 2 is 2.12 bits per heavy atom. The van der Waals surface area contributed by atoms with Gasteiger partial charge in [-0.2, -0.15) is 0 Å². The number of nitrogens with zero attached hydrogens (tertiary/aromatic N) is 2. The van der Waals surface area contributed by atoms with Crippen molar-refractivity contribution < 1.29 is 9.53 Å². The average molecular weight is 370 g/mol. The lowest BCUT2D eigenvalue weighted by molar-refractivity contribution is -0.113. The minimum absolute atomic E-state index is 0.114. The first kappa shape index (κ1) is 15.9. The maximum absolute atomic E-state index is 12.2. The van der Waals surface area contributed by atoms with Gasteiger partial charge in [-0.15, -0.1) is 0 Å². The molecule has 6 nitrogen and oxygen atoms in total. The highest BCUT2D eigenvalue weighted by Crippen LogP contribution is 2.29. The van der Waals surface area contributed by atoms with Crippen molar-refractivity contribution in [3.05, 3.63) is 42.5 Å². The number of aromatic nitrogens is 3. The van der Waals surface area contributed by atoms with E-state index in [1.54, 1.807) is 7.11 Å². The average Bonchev–Trinajstić information content (AvgIpc) is 3.21. The predicted molar refractivity (Wildman–Crippen MR) is 102 cm³/mol. The lowest BCUT2D eigenvalue weighted by Gasteiger charge is -1.99. The van der Waals surface area contributed by atoms with Crippen LogP contribution < -0.4 is 10.1 Å². The van der Waals surface area contributed by atoms with Gasteiger partial charge in [-0.05, 0) is 30.3 Å². The Balaban J connectivity index is 1.41. The molecule has 0 bridgehead atoms. The second kappa shape index (κ2) is 6.73. The van der Waals surface area contributed by atoms with Gasteiger partial charge in [-0.3, -0.25) is 4.79 Å². The summed E-state index contributed by atoms with van der Waals surface area (Å²) in [7, 11) is 1.63. The number of H-pyrrole nitrogens is 1. The fourth-order valence-electron chi connectivity index (χ4n) is 2.37. The number of rotatable bonds is 5. The largest absolute Gasteiger partial charge is 0.497 e. The number of nitrogens with one attached hydrogen (secondary N) is 2. The topological polar surface area (TPSA) is 79.9 Å². The molecule has 126 valence electrons. The van der Waals surface area contributed by atoms with Crippen molar-refractivity contribution >= 4 is 55.4 Å². The van der Waals surface area contributed by atoms with Crippen LogP contribution in [-0.4, -0.2) is 33.7 Å². The van der Waals surface area contributed by atoms with Gasteiger partial charge < -0.3 is 15.0 Å². The van der Waals surface area contributed by atoms with Crippen molar-refractivity contribution in [1.82, 2.24) is 15.0 Å². The lowest BCUT2D eigenvalue weighted by Crippen LogP contribution is -2.13. The van der Waals surface area contributed by atoms with Crippen LogP contribution in [0.2, 0.25) is 0 Å². The van der Waals surface area contributed by atoms with E-state index in [0.29, 0.717) is 5.13 Å². The van der Waals surface area contributed by atoms with Gasteiger partial charge in [0.05, 0.1) is 34.1 Å². The molecule has 2 N–H and O–H groups in total. The number of carbonyl (C=O) groups excluding carboxylic acids is 1. The van der Waals surface area contributed by atoms with Crippen LogP contribution in [0.25, 0.3) is 21.3 Å². The number of anilines is 1. The van der Waals surface area contributed by atoms with Gasteiger partial charge in [-0.25, -0.2) is 9.97 Å². The summed E-state index contributed by atoms with van der Waals surface area (Å²) in [5.74, 6) is 0.921. The molecule has 4 rings (SSSR count). The van der Waals surface area contributed by atoms with E-state index in [0.717, 1.165) is 32.2 Å². The quantitative estimate of drug-likeness (QED) is 0.521. The first-order valence-electron chi connectivity index (χ1n) is 7.53. The predicted octanol–water partition coefficient (Wildman–Crippen LogP) is 3.91. The van der Waals surface area contributed by atoms with Crippen LogP contribution >= 0.6 is 23.1 Å². The molecule has 2 aromatic heterocycles. The van der Waals surface area contributed by atoms with E-state index >= 15 is 0 Å². The second-order valence-corrected chi connectivity index (χ2v) is 7.24. The van der Waals surface area contributed by atoms with Gasteiger partial charge >= 0.3 is 0 Å². The number of aromatic amines is 1. The molecule has 1 amide bonds. The summed E-state index contributed by atoms with van der Waals surface area (Å²) in [5.41, 5.74) is 2.70. The van der Waals surface area contributed by atoms with Crippen LogP contribution in [0.4, 0.5) is 5.13 Å². The highest BCUT2D eigenvalue weighted by Gasteiger charge is 2.10. The minimum Gasteiger partial charge on any atom is -0.497 e. The van der Waals surface area contributed by atoms with E-state index in [1.165, 1.54) is 23.1 Å². The number of benzene rings is 2. The third kappa shape index (κ3) is 3.45. The Labute approximate surface area is 151 Å². The monoisotopic (exact) mass is 370 g/mol. The molecule has 0 unspecified atom stereocenters. The standard InChI is InChI=1S/C17H14N4O2S2/c1-23-10-6-7-13-14(8-10)25-17(20-13)21-15(22)9-24-16-18-11-4-2-3-5-12(11)19-16/h2-8H,9H2,1H3,(H,18,19)(H,20,21,22). The van der Waals surface area contributed by atoms with Crippen molar-refractivity contribution in [1.29, 1.82) is 0 Å². The highest BCUT2D eigenvalue weighted by molar-refractivity contribution is 7.99. The number of thiazole rings is 1. The summed E-state index contributed by atoms with van der Waals surface area (Å²) in [4.78, 5) is 24.2. The summed E-state index contributed by atoms with van der Waals surface area (Å²) in [6.07, 6.45) is 0. The van der Waals surface area contributed by atoms with Gasteiger partial charge in [0.25, 0.3) is 0 Å². The summed E-state index contributed by atoms with van der Waals surface area (Å²) in [6.45, 7) is 0. The number of imidazole rings is 1. The first-order chi connectivity index (χ1) is 12.2.